The van der Waals surface area contributed by atoms with Crippen LogP contribution in [0.2, 0.25) is 0 Å². The molecule has 0 aliphatic carbocycles. The summed E-state index contributed by atoms with van der Waals surface area (Å²) in [5, 5.41) is 0. The Kier molecular flexibility index (Phi) is 3.69. The first-order valence-electron chi connectivity index (χ1n) is 8.32. The molecule has 1 atom stereocenters. The maximum atomic E-state index is 12.4. The zero-order chi connectivity index (χ0) is 15.8. The number of hydrogen-bond donors (Lipinski definition) is 1. The minimum Gasteiger partial charge on any atom is -0.368 e. The van der Waals surface area contributed by atoms with Crippen molar-refractivity contribution in [2.24, 2.45) is 0 Å². The number of aryl methyl sites for hydroxylation is 1. The van der Waals surface area contributed by atoms with E-state index in [4.69, 9.17) is 4.74 Å². The summed E-state index contributed by atoms with van der Waals surface area (Å²) in [6.45, 7) is 5.93. The molecule has 3 heterocycles. The van der Waals surface area contributed by atoms with Crippen molar-refractivity contribution < 1.29 is 9.53 Å². The van der Waals surface area contributed by atoms with E-state index in [1.165, 1.54) is 5.69 Å². The Hall–Kier alpha value is -2.08. The third kappa shape index (κ3) is 2.79. The highest BCUT2D eigenvalue weighted by molar-refractivity contribution is 5.82. The number of fused-ring (bicyclic) bond motifs is 1. The highest BCUT2D eigenvalue weighted by Gasteiger charge is 2.30. The second-order valence-corrected chi connectivity index (χ2v) is 6.34. The van der Waals surface area contributed by atoms with Crippen LogP contribution in [0.1, 0.15) is 18.7 Å². The molecule has 2 aliphatic rings. The number of nitrogens with zero attached hydrogens (tertiary/aromatic N) is 3. The quantitative estimate of drug-likeness (QED) is 0.916. The minimum absolute atomic E-state index is 0.168. The van der Waals surface area contributed by atoms with E-state index < -0.39 is 0 Å². The van der Waals surface area contributed by atoms with E-state index in [0.29, 0.717) is 0 Å². The second-order valence-electron chi connectivity index (χ2n) is 6.34. The number of rotatable bonds is 2. The van der Waals surface area contributed by atoms with Crippen molar-refractivity contribution >= 4 is 22.6 Å². The standard InChI is InChI=1S/C17H22N4O2/c1-12-18-14-5-4-13(11-15(14)19-12)20-6-8-21(9-7-20)17(22)16-3-2-10-23-16/h4-5,11,16H,2-3,6-10H2,1H3,(H,18,19). The first-order chi connectivity index (χ1) is 11.2. The van der Waals surface area contributed by atoms with E-state index >= 15 is 0 Å². The molecule has 1 N–H and O–H groups in total. The molecular weight excluding hydrogens is 292 g/mol. The second kappa shape index (κ2) is 5.85. The van der Waals surface area contributed by atoms with Gasteiger partial charge in [0, 0.05) is 38.5 Å². The molecule has 23 heavy (non-hydrogen) atoms. The zero-order valence-corrected chi connectivity index (χ0v) is 13.4. The van der Waals surface area contributed by atoms with E-state index in [2.05, 4.69) is 33.1 Å². The van der Waals surface area contributed by atoms with Crippen LogP contribution in [0.4, 0.5) is 5.69 Å². The summed E-state index contributed by atoms with van der Waals surface area (Å²) in [5.41, 5.74) is 3.25. The van der Waals surface area contributed by atoms with Crippen LogP contribution in [0.25, 0.3) is 11.0 Å². The lowest BCUT2D eigenvalue weighted by molar-refractivity contribution is -0.141. The number of imidazole rings is 1. The van der Waals surface area contributed by atoms with Crippen molar-refractivity contribution in [2.75, 3.05) is 37.7 Å². The normalized spacial score (nSPS) is 22.0. The number of H-pyrrole nitrogens is 1. The molecule has 2 fully saturated rings. The van der Waals surface area contributed by atoms with Crippen LogP contribution in [0, 0.1) is 6.92 Å². The highest BCUT2D eigenvalue weighted by Crippen LogP contribution is 2.23. The van der Waals surface area contributed by atoms with Crippen molar-refractivity contribution in [2.45, 2.75) is 25.9 Å². The fourth-order valence-corrected chi connectivity index (χ4v) is 3.48. The van der Waals surface area contributed by atoms with Crippen molar-refractivity contribution in [1.82, 2.24) is 14.9 Å². The van der Waals surface area contributed by atoms with Gasteiger partial charge in [-0.3, -0.25) is 4.79 Å². The number of carbonyl (C=O) groups excluding carboxylic acids is 1. The van der Waals surface area contributed by atoms with Gasteiger partial charge in [-0.25, -0.2) is 4.98 Å². The van der Waals surface area contributed by atoms with Crippen molar-refractivity contribution in [3.8, 4) is 0 Å². The lowest BCUT2D eigenvalue weighted by atomic mass is 10.2. The Labute approximate surface area is 135 Å². The number of benzene rings is 1. The minimum atomic E-state index is -0.203. The molecule has 6 nitrogen and oxygen atoms in total. The molecule has 1 amide bonds. The number of piperazine rings is 1. The van der Waals surface area contributed by atoms with Gasteiger partial charge in [0.1, 0.15) is 11.9 Å². The number of ether oxygens (including phenoxy) is 1. The Morgan fingerprint density at radius 3 is 2.87 bits per heavy atom. The third-order valence-corrected chi connectivity index (χ3v) is 4.75. The molecule has 0 spiro atoms. The van der Waals surface area contributed by atoms with Crippen molar-refractivity contribution in [3.63, 3.8) is 0 Å². The van der Waals surface area contributed by atoms with E-state index in [-0.39, 0.29) is 12.0 Å². The topological polar surface area (TPSA) is 61.5 Å². The molecule has 1 aromatic carbocycles. The number of nitrogens with one attached hydrogen (secondary N) is 1. The Morgan fingerprint density at radius 1 is 1.30 bits per heavy atom. The lowest BCUT2D eigenvalue weighted by Gasteiger charge is -2.37. The number of aromatic amines is 1. The van der Waals surface area contributed by atoms with Crippen LogP contribution in [-0.2, 0) is 9.53 Å². The van der Waals surface area contributed by atoms with Gasteiger partial charge in [0.05, 0.1) is 11.0 Å². The van der Waals surface area contributed by atoms with Gasteiger partial charge >= 0.3 is 0 Å². The Morgan fingerprint density at radius 2 is 2.13 bits per heavy atom. The fourth-order valence-electron chi connectivity index (χ4n) is 3.48. The maximum Gasteiger partial charge on any atom is 0.251 e. The fraction of sp³-hybridized carbons (Fsp3) is 0.529. The SMILES string of the molecule is Cc1nc2ccc(N3CCN(C(=O)C4CCCO4)CC3)cc2[nH]1. The predicted octanol–water partition coefficient (Wildman–Crippen LogP) is 1.70. The van der Waals surface area contributed by atoms with Gasteiger partial charge in [0.25, 0.3) is 5.91 Å². The van der Waals surface area contributed by atoms with Gasteiger partial charge in [-0.1, -0.05) is 0 Å². The first-order valence-corrected chi connectivity index (χ1v) is 8.32. The molecule has 4 rings (SSSR count). The Balaban J connectivity index is 1.42. The van der Waals surface area contributed by atoms with Crippen LogP contribution >= 0.6 is 0 Å². The number of amides is 1. The number of anilines is 1. The molecule has 2 aromatic rings. The molecular formula is C17H22N4O2. The first kappa shape index (κ1) is 14.5. The van der Waals surface area contributed by atoms with Crippen LogP contribution in [0.15, 0.2) is 18.2 Å². The summed E-state index contributed by atoms with van der Waals surface area (Å²) >= 11 is 0. The molecule has 1 aromatic heterocycles. The lowest BCUT2D eigenvalue weighted by Crippen LogP contribution is -2.51. The average molecular weight is 314 g/mol. The van der Waals surface area contributed by atoms with Crippen molar-refractivity contribution in [1.29, 1.82) is 0 Å². The molecule has 0 saturated carbocycles. The zero-order valence-electron chi connectivity index (χ0n) is 13.4. The van der Waals surface area contributed by atoms with Gasteiger partial charge < -0.3 is 19.5 Å². The molecule has 2 saturated heterocycles. The molecule has 2 aliphatic heterocycles. The van der Waals surface area contributed by atoms with Crippen LogP contribution < -0.4 is 4.90 Å². The number of hydrogen-bond acceptors (Lipinski definition) is 4. The van der Waals surface area contributed by atoms with Gasteiger partial charge in [-0.2, -0.15) is 0 Å². The van der Waals surface area contributed by atoms with E-state index in [9.17, 15) is 4.79 Å². The Bertz CT molecular complexity index is 712. The number of carbonyl (C=O) groups is 1. The monoisotopic (exact) mass is 314 g/mol. The summed E-state index contributed by atoms with van der Waals surface area (Å²) in [6, 6.07) is 6.31. The number of aromatic nitrogens is 2. The predicted molar refractivity (Wildman–Crippen MR) is 88.6 cm³/mol. The summed E-state index contributed by atoms with van der Waals surface area (Å²) in [6.07, 6.45) is 1.67. The highest BCUT2D eigenvalue weighted by atomic mass is 16.5. The summed E-state index contributed by atoms with van der Waals surface area (Å²) in [7, 11) is 0. The third-order valence-electron chi connectivity index (χ3n) is 4.75. The maximum absolute atomic E-state index is 12.4. The van der Waals surface area contributed by atoms with Crippen LogP contribution in [0.3, 0.4) is 0 Å². The van der Waals surface area contributed by atoms with Gasteiger partial charge in [-0.15, -0.1) is 0 Å². The van der Waals surface area contributed by atoms with E-state index in [1.807, 2.05) is 11.8 Å². The summed E-state index contributed by atoms with van der Waals surface area (Å²) < 4.78 is 5.51. The molecule has 122 valence electrons. The van der Waals surface area contributed by atoms with E-state index in [0.717, 1.165) is 62.5 Å². The average Bonchev–Trinajstić information content (AvgIpc) is 3.22. The molecule has 6 heteroatoms. The summed E-state index contributed by atoms with van der Waals surface area (Å²) in [4.78, 5) is 24.4. The van der Waals surface area contributed by atoms with Gasteiger partial charge in [-0.05, 0) is 38.0 Å². The molecule has 1 unspecified atom stereocenters. The largest absolute Gasteiger partial charge is 0.368 e. The van der Waals surface area contributed by atoms with Crippen LogP contribution in [-0.4, -0.2) is 59.7 Å². The van der Waals surface area contributed by atoms with Crippen molar-refractivity contribution in [3.05, 3.63) is 24.0 Å². The van der Waals surface area contributed by atoms with Crippen LogP contribution in [0.5, 0.6) is 0 Å². The summed E-state index contributed by atoms with van der Waals surface area (Å²) in [5.74, 6) is 1.10. The molecule has 0 bridgehead atoms. The van der Waals surface area contributed by atoms with Gasteiger partial charge in [0.15, 0.2) is 0 Å². The smallest absolute Gasteiger partial charge is 0.251 e. The van der Waals surface area contributed by atoms with Gasteiger partial charge in [0.2, 0.25) is 0 Å². The van der Waals surface area contributed by atoms with E-state index in [1.54, 1.807) is 0 Å². The molecule has 0 radical (unpaired) electrons.